The highest BCUT2D eigenvalue weighted by atomic mass is 32.1. The van der Waals surface area contributed by atoms with Crippen molar-refractivity contribution in [3.8, 4) is 6.07 Å². The molecular formula is C10H13N3OS. The first kappa shape index (κ1) is 11.7. The van der Waals surface area contributed by atoms with Gasteiger partial charge in [0.1, 0.15) is 11.1 Å². The Hall–Kier alpha value is -1.38. The molecule has 4 nitrogen and oxygen atoms in total. The number of nitrogens with zero attached hydrogens (tertiary/aromatic N) is 1. The quantitative estimate of drug-likeness (QED) is 0.815. The van der Waals surface area contributed by atoms with E-state index in [-0.39, 0.29) is 11.8 Å². The van der Waals surface area contributed by atoms with Crippen molar-refractivity contribution < 1.29 is 4.79 Å². The van der Waals surface area contributed by atoms with Crippen LogP contribution in [0.25, 0.3) is 0 Å². The molecule has 0 saturated heterocycles. The van der Waals surface area contributed by atoms with Gasteiger partial charge in [-0.1, -0.05) is 13.8 Å². The van der Waals surface area contributed by atoms with Crippen LogP contribution in [0.1, 0.15) is 19.4 Å². The zero-order valence-electron chi connectivity index (χ0n) is 8.65. The van der Waals surface area contributed by atoms with E-state index >= 15 is 0 Å². The van der Waals surface area contributed by atoms with E-state index < -0.39 is 6.04 Å². The van der Waals surface area contributed by atoms with Crippen molar-refractivity contribution >= 4 is 22.2 Å². The summed E-state index contributed by atoms with van der Waals surface area (Å²) in [5.41, 5.74) is 6.15. The van der Waals surface area contributed by atoms with Gasteiger partial charge in [-0.25, -0.2) is 0 Å². The van der Waals surface area contributed by atoms with Gasteiger partial charge in [0.25, 0.3) is 0 Å². The van der Waals surface area contributed by atoms with E-state index in [1.807, 2.05) is 19.9 Å². The minimum absolute atomic E-state index is 0.0792. The molecule has 1 heterocycles. The zero-order chi connectivity index (χ0) is 11.4. The Bertz CT molecular complexity index is 392. The SMILES string of the molecule is CC(C)[C@H](N)C(=O)Nc1sccc1C#N. The Morgan fingerprint density at radius 3 is 2.87 bits per heavy atom. The van der Waals surface area contributed by atoms with Crippen LogP contribution in [-0.4, -0.2) is 11.9 Å². The van der Waals surface area contributed by atoms with Crippen LogP contribution in [0.4, 0.5) is 5.00 Å². The lowest BCUT2D eigenvalue weighted by molar-refractivity contribution is -0.118. The molecule has 1 amide bonds. The predicted molar refractivity (Wildman–Crippen MR) is 60.5 cm³/mol. The third-order valence-corrected chi connectivity index (χ3v) is 2.87. The van der Waals surface area contributed by atoms with Crippen LogP contribution in [0.3, 0.4) is 0 Å². The van der Waals surface area contributed by atoms with Crippen LogP contribution in [0, 0.1) is 17.2 Å². The monoisotopic (exact) mass is 223 g/mol. The summed E-state index contributed by atoms with van der Waals surface area (Å²) in [4.78, 5) is 11.6. The van der Waals surface area contributed by atoms with Crippen LogP contribution in [0.15, 0.2) is 11.4 Å². The number of hydrogen-bond donors (Lipinski definition) is 2. The van der Waals surface area contributed by atoms with Crippen molar-refractivity contribution in [2.45, 2.75) is 19.9 Å². The minimum Gasteiger partial charge on any atom is -0.320 e. The number of thiophene rings is 1. The van der Waals surface area contributed by atoms with E-state index in [0.717, 1.165) is 0 Å². The average molecular weight is 223 g/mol. The fraction of sp³-hybridized carbons (Fsp3) is 0.400. The number of nitrogens with one attached hydrogen (secondary N) is 1. The van der Waals surface area contributed by atoms with Crippen LogP contribution in [-0.2, 0) is 4.79 Å². The van der Waals surface area contributed by atoms with Crippen molar-refractivity contribution in [1.82, 2.24) is 0 Å². The second-order valence-electron chi connectivity index (χ2n) is 3.53. The third-order valence-electron chi connectivity index (χ3n) is 2.04. The first-order chi connectivity index (χ1) is 7.06. The number of amides is 1. The zero-order valence-corrected chi connectivity index (χ0v) is 9.47. The number of nitrogens with two attached hydrogens (primary N) is 1. The molecule has 0 aliphatic heterocycles. The molecule has 1 rings (SSSR count). The number of rotatable bonds is 3. The first-order valence-corrected chi connectivity index (χ1v) is 5.48. The van der Waals surface area contributed by atoms with Crippen LogP contribution in [0.2, 0.25) is 0 Å². The van der Waals surface area contributed by atoms with Gasteiger partial charge in [0.2, 0.25) is 5.91 Å². The van der Waals surface area contributed by atoms with Gasteiger partial charge in [0, 0.05) is 0 Å². The molecule has 1 aromatic heterocycles. The summed E-state index contributed by atoms with van der Waals surface area (Å²) < 4.78 is 0. The molecule has 0 aliphatic carbocycles. The number of carbonyl (C=O) groups excluding carboxylic acids is 1. The standard InChI is InChI=1S/C10H13N3OS/c1-6(2)8(12)9(14)13-10-7(5-11)3-4-15-10/h3-4,6,8H,12H2,1-2H3,(H,13,14)/t8-/m0/s1. The Kier molecular flexibility index (Phi) is 3.83. The molecule has 0 fully saturated rings. The third kappa shape index (κ3) is 2.78. The van der Waals surface area contributed by atoms with Crippen molar-refractivity contribution in [2.75, 3.05) is 5.32 Å². The van der Waals surface area contributed by atoms with Gasteiger partial charge in [-0.3, -0.25) is 4.79 Å². The second kappa shape index (κ2) is 4.91. The number of carbonyl (C=O) groups is 1. The van der Waals surface area contributed by atoms with Gasteiger partial charge in [-0.15, -0.1) is 11.3 Å². The maximum atomic E-state index is 11.6. The largest absolute Gasteiger partial charge is 0.320 e. The summed E-state index contributed by atoms with van der Waals surface area (Å²) in [5, 5.41) is 13.7. The highest BCUT2D eigenvalue weighted by Gasteiger charge is 2.18. The van der Waals surface area contributed by atoms with E-state index in [1.54, 1.807) is 11.4 Å². The lowest BCUT2D eigenvalue weighted by Gasteiger charge is -2.14. The van der Waals surface area contributed by atoms with Crippen molar-refractivity contribution in [3.05, 3.63) is 17.0 Å². The van der Waals surface area contributed by atoms with Crippen molar-refractivity contribution in [1.29, 1.82) is 5.26 Å². The lowest BCUT2D eigenvalue weighted by Crippen LogP contribution is -2.39. The summed E-state index contributed by atoms with van der Waals surface area (Å²) in [7, 11) is 0. The molecule has 0 radical (unpaired) electrons. The maximum absolute atomic E-state index is 11.6. The van der Waals surface area contributed by atoms with Crippen molar-refractivity contribution in [2.24, 2.45) is 11.7 Å². The first-order valence-electron chi connectivity index (χ1n) is 4.60. The molecule has 0 unspecified atom stereocenters. The summed E-state index contributed by atoms with van der Waals surface area (Å²) in [6.45, 7) is 3.76. The maximum Gasteiger partial charge on any atom is 0.242 e. The van der Waals surface area contributed by atoms with E-state index in [9.17, 15) is 4.79 Å². The Morgan fingerprint density at radius 2 is 2.33 bits per heavy atom. The normalized spacial score (nSPS) is 12.2. The summed E-state index contributed by atoms with van der Waals surface area (Å²) in [6.07, 6.45) is 0. The van der Waals surface area contributed by atoms with Gasteiger partial charge in [-0.05, 0) is 17.4 Å². The molecule has 80 valence electrons. The minimum atomic E-state index is -0.543. The molecule has 5 heteroatoms. The molecular weight excluding hydrogens is 210 g/mol. The van der Waals surface area contributed by atoms with Gasteiger partial charge < -0.3 is 11.1 Å². The second-order valence-corrected chi connectivity index (χ2v) is 4.45. The average Bonchev–Trinajstić information content (AvgIpc) is 2.63. The fourth-order valence-corrected chi connectivity index (χ4v) is 1.73. The van der Waals surface area contributed by atoms with E-state index in [0.29, 0.717) is 10.6 Å². The fourth-order valence-electron chi connectivity index (χ4n) is 0.992. The number of nitriles is 1. The summed E-state index contributed by atoms with van der Waals surface area (Å²) >= 11 is 1.32. The molecule has 0 aromatic carbocycles. The van der Waals surface area contributed by atoms with E-state index in [4.69, 9.17) is 11.0 Å². The molecule has 1 aromatic rings. The highest BCUT2D eigenvalue weighted by molar-refractivity contribution is 7.14. The van der Waals surface area contributed by atoms with Crippen LogP contribution >= 0.6 is 11.3 Å². The van der Waals surface area contributed by atoms with Gasteiger partial charge >= 0.3 is 0 Å². The molecule has 15 heavy (non-hydrogen) atoms. The Labute approximate surface area is 92.7 Å². The molecule has 0 aliphatic rings. The lowest BCUT2D eigenvalue weighted by atomic mass is 10.1. The number of hydrogen-bond acceptors (Lipinski definition) is 4. The molecule has 1 atom stereocenters. The Morgan fingerprint density at radius 1 is 1.67 bits per heavy atom. The van der Waals surface area contributed by atoms with E-state index in [1.165, 1.54) is 11.3 Å². The molecule has 0 spiro atoms. The Balaban J connectivity index is 2.71. The van der Waals surface area contributed by atoms with Crippen molar-refractivity contribution in [3.63, 3.8) is 0 Å². The van der Waals surface area contributed by atoms with Crippen LogP contribution in [0.5, 0.6) is 0 Å². The molecule has 0 bridgehead atoms. The van der Waals surface area contributed by atoms with Gasteiger partial charge in [-0.2, -0.15) is 5.26 Å². The van der Waals surface area contributed by atoms with Gasteiger partial charge in [0.05, 0.1) is 11.6 Å². The smallest absolute Gasteiger partial charge is 0.242 e. The topological polar surface area (TPSA) is 78.9 Å². The molecule has 0 saturated carbocycles. The highest BCUT2D eigenvalue weighted by Crippen LogP contribution is 2.22. The number of anilines is 1. The molecule has 3 N–H and O–H groups in total. The van der Waals surface area contributed by atoms with Crippen LogP contribution < -0.4 is 11.1 Å². The van der Waals surface area contributed by atoms with Gasteiger partial charge in [0.15, 0.2) is 0 Å². The summed E-state index contributed by atoms with van der Waals surface area (Å²) in [6, 6.07) is 3.13. The summed E-state index contributed by atoms with van der Waals surface area (Å²) in [5.74, 6) is -0.167. The van der Waals surface area contributed by atoms with E-state index in [2.05, 4.69) is 5.32 Å². The predicted octanol–water partition coefficient (Wildman–Crippen LogP) is 1.54.